The number of carbonyl (C=O) groups is 2. The van der Waals surface area contributed by atoms with Crippen molar-refractivity contribution in [3.05, 3.63) is 42.0 Å². The number of amides is 1. The number of carbonyl (C=O) groups excluding carboxylic acids is 2. The third-order valence-electron chi connectivity index (χ3n) is 4.04. The first-order valence-electron chi connectivity index (χ1n) is 8.81. The van der Waals surface area contributed by atoms with E-state index in [0.717, 1.165) is 5.56 Å². The highest BCUT2D eigenvalue weighted by Gasteiger charge is 2.37. The molecule has 26 heavy (non-hydrogen) atoms. The second kappa shape index (κ2) is 8.85. The Labute approximate surface area is 155 Å². The minimum Gasteiger partial charge on any atom is -0.467 e. The summed E-state index contributed by atoms with van der Waals surface area (Å²) >= 11 is 0. The van der Waals surface area contributed by atoms with Crippen molar-refractivity contribution >= 4 is 18.1 Å². The van der Waals surface area contributed by atoms with Gasteiger partial charge in [0.1, 0.15) is 11.6 Å². The first kappa shape index (κ1) is 20.0. The molecule has 1 amide bonds. The van der Waals surface area contributed by atoms with E-state index in [0.29, 0.717) is 26.2 Å². The Morgan fingerprint density at radius 2 is 1.88 bits per heavy atom. The van der Waals surface area contributed by atoms with Crippen molar-refractivity contribution in [2.75, 3.05) is 33.3 Å². The van der Waals surface area contributed by atoms with Gasteiger partial charge in [0.15, 0.2) is 0 Å². The molecule has 1 aromatic rings. The predicted molar refractivity (Wildman–Crippen MR) is 101 cm³/mol. The molecule has 2 rings (SSSR count). The molecule has 0 bridgehead atoms. The summed E-state index contributed by atoms with van der Waals surface area (Å²) in [6.07, 6.45) is 3.63. The Hall–Kier alpha value is -2.34. The van der Waals surface area contributed by atoms with Crippen LogP contribution in [0.5, 0.6) is 0 Å². The highest BCUT2D eigenvalue weighted by molar-refractivity contribution is 5.82. The quantitative estimate of drug-likeness (QED) is 0.773. The van der Waals surface area contributed by atoms with Gasteiger partial charge in [-0.3, -0.25) is 9.80 Å². The Kier molecular flexibility index (Phi) is 6.80. The molecule has 1 aromatic carbocycles. The topological polar surface area (TPSA) is 59.1 Å². The number of piperazine rings is 1. The van der Waals surface area contributed by atoms with Crippen LogP contribution < -0.4 is 0 Å². The monoisotopic (exact) mass is 360 g/mol. The molecule has 0 aromatic heterocycles. The fourth-order valence-corrected chi connectivity index (χ4v) is 2.78. The van der Waals surface area contributed by atoms with Gasteiger partial charge >= 0.3 is 12.1 Å². The van der Waals surface area contributed by atoms with Crippen LogP contribution in [-0.2, 0) is 14.3 Å². The maximum absolute atomic E-state index is 12.4. The molecule has 1 heterocycles. The van der Waals surface area contributed by atoms with Crippen LogP contribution in [0, 0.1) is 0 Å². The largest absolute Gasteiger partial charge is 0.467 e. The van der Waals surface area contributed by atoms with Gasteiger partial charge in [-0.15, -0.1) is 0 Å². The summed E-state index contributed by atoms with van der Waals surface area (Å²) in [4.78, 5) is 28.2. The zero-order chi connectivity index (χ0) is 19.2. The summed E-state index contributed by atoms with van der Waals surface area (Å²) in [5, 5.41) is 0. The summed E-state index contributed by atoms with van der Waals surface area (Å²) < 4.78 is 10.3. The minimum atomic E-state index is -0.659. The van der Waals surface area contributed by atoms with Crippen LogP contribution in [-0.4, -0.2) is 66.8 Å². The second-order valence-corrected chi connectivity index (χ2v) is 7.29. The Balaban J connectivity index is 1.99. The fourth-order valence-electron chi connectivity index (χ4n) is 2.78. The van der Waals surface area contributed by atoms with Crippen molar-refractivity contribution < 1.29 is 19.1 Å². The average molecular weight is 360 g/mol. The van der Waals surface area contributed by atoms with E-state index in [1.54, 1.807) is 0 Å². The lowest BCUT2D eigenvalue weighted by molar-refractivity contribution is -0.149. The first-order valence-corrected chi connectivity index (χ1v) is 8.81. The van der Waals surface area contributed by atoms with Crippen LogP contribution in [0.1, 0.15) is 26.3 Å². The minimum absolute atomic E-state index is 0.422. The SMILES string of the molecule is COC(=O)[C@@H]1CN(C/C=C/c2ccccc2)CCN1C(=O)OC(C)(C)C. The van der Waals surface area contributed by atoms with Gasteiger partial charge in [-0.25, -0.2) is 9.59 Å². The molecule has 1 atom stereocenters. The van der Waals surface area contributed by atoms with Crippen LogP contribution in [0.4, 0.5) is 4.79 Å². The number of methoxy groups -OCH3 is 1. The number of benzene rings is 1. The van der Waals surface area contributed by atoms with E-state index in [2.05, 4.69) is 11.0 Å². The number of ether oxygens (including phenoxy) is 2. The van der Waals surface area contributed by atoms with Gasteiger partial charge in [-0.1, -0.05) is 42.5 Å². The molecule has 0 spiro atoms. The highest BCUT2D eigenvalue weighted by Crippen LogP contribution is 2.17. The number of nitrogens with zero attached hydrogens (tertiary/aromatic N) is 2. The molecule has 1 aliphatic heterocycles. The molecule has 0 radical (unpaired) electrons. The van der Waals surface area contributed by atoms with Crippen LogP contribution in [0.15, 0.2) is 36.4 Å². The third kappa shape index (κ3) is 5.88. The zero-order valence-corrected chi connectivity index (χ0v) is 16.0. The summed E-state index contributed by atoms with van der Waals surface area (Å²) in [6.45, 7) is 7.64. The lowest BCUT2D eigenvalue weighted by atomic mass is 10.1. The van der Waals surface area contributed by atoms with E-state index < -0.39 is 23.7 Å². The van der Waals surface area contributed by atoms with Gasteiger partial charge in [0, 0.05) is 26.2 Å². The Bertz CT molecular complexity index is 637. The van der Waals surface area contributed by atoms with Crippen LogP contribution in [0.25, 0.3) is 6.08 Å². The smallest absolute Gasteiger partial charge is 0.411 e. The van der Waals surface area contributed by atoms with Crippen molar-refractivity contribution in [2.24, 2.45) is 0 Å². The number of hydrogen-bond donors (Lipinski definition) is 0. The van der Waals surface area contributed by atoms with Crippen LogP contribution in [0.2, 0.25) is 0 Å². The highest BCUT2D eigenvalue weighted by atomic mass is 16.6. The van der Waals surface area contributed by atoms with Crippen molar-refractivity contribution in [3.8, 4) is 0 Å². The molecular weight excluding hydrogens is 332 g/mol. The van der Waals surface area contributed by atoms with Gasteiger partial charge in [0.2, 0.25) is 0 Å². The first-order chi connectivity index (χ1) is 12.3. The van der Waals surface area contributed by atoms with E-state index >= 15 is 0 Å². The van der Waals surface area contributed by atoms with Crippen LogP contribution in [0.3, 0.4) is 0 Å². The number of hydrogen-bond acceptors (Lipinski definition) is 5. The predicted octanol–water partition coefficient (Wildman–Crippen LogP) is 2.79. The van der Waals surface area contributed by atoms with Gasteiger partial charge < -0.3 is 9.47 Å². The van der Waals surface area contributed by atoms with Crippen LogP contribution >= 0.6 is 0 Å². The average Bonchev–Trinajstić information content (AvgIpc) is 2.60. The summed E-state index contributed by atoms with van der Waals surface area (Å²) in [5.74, 6) is -0.424. The Morgan fingerprint density at radius 3 is 2.50 bits per heavy atom. The fraction of sp³-hybridized carbons (Fsp3) is 0.500. The maximum Gasteiger partial charge on any atom is 0.411 e. The maximum atomic E-state index is 12.4. The van der Waals surface area contributed by atoms with Crippen molar-refractivity contribution in [3.63, 3.8) is 0 Å². The van der Waals surface area contributed by atoms with E-state index in [-0.39, 0.29) is 0 Å². The molecule has 6 heteroatoms. The lowest BCUT2D eigenvalue weighted by Gasteiger charge is -2.39. The molecular formula is C20H28N2O4. The molecule has 0 saturated carbocycles. The van der Waals surface area contributed by atoms with Crippen molar-refractivity contribution in [1.82, 2.24) is 9.80 Å². The third-order valence-corrected chi connectivity index (χ3v) is 4.04. The second-order valence-electron chi connectivity index (χ2n) is 7.29. The molecule has 0 aliphatic carbocycles. The van der Waals surface area contributed by atoms with E-state index in [4.69, 9.17) is 9.47 Å². The molecule has 1 aliphatic rings. The number of esters is 1. The summed E-state index contributed by atoms with van der Waals surface area (Å²) in [7, 11) is 1.34. The molecule has 0 N–H and O–H groups in total. The van der Waals surface area contributed by atoms with E-state index in [9.17, 15) is 9.59 Å². The van der Waals surface area contributed by atoms with Gasteiger partial charge in [-0.05, 0) is 26.3 Å². The molecule has 6 nitrogen and oxygen atoms in total. The Morgan fingerprint density at radius 1 is 1.19 bits per heavy atom. The van der Waals surface area contributed by atoms with Crippen molar-refractivity contribution in [1.29, 1.82) is 0 Å². The zero-order valence-electron chi connectivity index (χ0n) is 16.0. The van der Waals surface area contributed by atoms with Crippen molar-refractivity contribution in [2.45, 2.75) is 32.4 Å². The van der Waals surface area contributed by atoms with Gasteiger partial charge in [-0.2, -0.15) is 0 Å². The van der Waals surface area contributed by atoms with Gasteiger partial charge in [0.25, 0.3) is 0 Å². The van der Waals surface area contributed by atoms with E-state index in [1.807, 2.05) is 57.2 Å². The molecule has 1 fully saturated rings. The summed E-state index contributed by atoms with van der Waals surface area (Å²) in [5.41, 5.74) is 0.525. The van der Waals surface area contributed by atoms with E-state index in [1.165, 1.54) is 12.0 Å². The molecule has 1 saturated heterocycles. The number of rotatable bonds is 4. The molecule has 0 unspecified atom stereocenters. The molecule has 142 valence electrons. The summed E-state index contributed by atoms with van der Waals surface area (Å²) in [6, 6.07) is 9.38. The van der Waals surface area contributed by atoms with Gasteiger partial charge in [0.05, 0.1) is 7.11 Å². The lowest BCUT2D eigenvalue weighted by Crippen LogP contribution is -2.59. The standard InChI is InChI=1S/C20H28N2O4/c1-20(2,3)26-19(24)22-14-13-21(15-17(22)18(23)25-4)12-8-11-16-9-6-5-7-10-16/h5-11,17H,12-15H2,1-4H3/b11-8+/t17-/m0/s1. The normalized spacial score (nSPS) is 18.8.